The summed E-state index contributed by atoms with van der Waals surface area (Å²) in [6, 6.07) is 44.3. The molecule has 0 radical (unpaired) electrons. The Morgan fingerprint density at radius 3 is 2.23 bits per heavy atom. The molecular formula is C44H33NS2. The molecule has 3 heteroatoms. The molecule has 1 nitrogen and oxygen atoms in total. The Labute approximate surface area is 282 Å². The molecule has 0 spiro atoms. The second kappa shape index (κ2) is 12.0. The predicted molar refractivity (Wildman–Crippen MR) is 206 cm³/mol. The van der Waals surface area contributed by atoms with Crippen LogP contribution in [-0.4, -0.2) is 4.57 Å². The van der Waals surface area contributed by atoms with Crippen molar-refractivity contribution < 1.29 is 0 Å². The number of benzene rings is 5. The first-order chi connectivity index (χ1) is 23.3. The predicted octanol–water partition coefficient (Wildman–Crippen LogP) is 10.8. The number of nitrogens with zero attached hydrogens (tertiary/aromatic N) is 1. The molecule has 226 valence electrons. The molecule has 0 saturated heterocycles. The molecule has 0 fully saturated rings. The van der Waals surface area contributed by atoms with E-state index >= 15 is 0 Å². The number of hydrogen-bond donors (Lipinski definition) is 0. The van der Waals surface area contributed by atoms with Gasteiger partial charge in [0.25, 0.3) is 0 Å². The smallest absolute Gasteiger partial charge is 0.109 e. The van der Waals surface area contributed by atoms with Crippen LogP contribution in [0.5, 0.6) is 0 Å². The van der Waals surface area contributed by atoms with E-state index in [-0.39, 0.29) is 0 Å². The molecule has 0 N–H and O–H groups in total. The lowest BCUT2D eigenvalue weighted by atomic mass is 9.98. The first-order valence-corrected chi connectivity index (χ1v) is 18.0. The van der Waals surface area contributed by atoms with Crippen LogP contribution in [0.4, 0.5) is 0 Å². The number of hydrogen-bond acceptors (Lipinski definition) is 2. The second-order valence-electron chi connectivity index (χ2n) is 12.4. The fourth-order valence-corrected chi connectivity index (χ4v) is 9.50. The molecule has 0 aliphatic heterocycles. The van der Waals surface area contributed by atoms with Gasteiger partial charge in [0.2, 0.25) is 0 Å². The molecule has 9 rings (SSSR count). The molecular weight excluding hydrogens is 607 g/mol. The highest BCUT2D eigenvalue weighted by Gasteiger charge is 2.19. The van der Waals surface area contributed by atoms with Gasteiger partial charge in [-0.25, -0.2) is 0 Å². The summed E-state index contributed by atoms with van der Waals surface area (Å²) in [4.78, 5) is 1.33. The van der Waals surface area contributed by atoms with Crippen LogP contribution in [0.15, 0.2) is 140 Å². The third-order valence-corrected chi connectivity index (χ3v) is 11.7. The van der Waals surface area contributed by atoms with E-state index in [1.54, 1.807) is 0 Å². The summed E-state index contributed by atoms with van der Waals surface area (Å²) in [6.45, 7) is 0. The standard InChI is InChI=1S/C44H33NS2/c1-3-11-30(12-4-1)15-9-17-32-21-24-36-39(27-32)45(34-23-26-41-38(29-34)35-19-7-8-20-40(35)46-41)44-43(36)37-25-22-33(28-42(37)47-44)18-10-16-31-13-5-2-6-14-31/h1-14,17-21,23-29,33H,15-16,22H2/b17-9+,18-10+. The van der Waals surface area contributed by atoms with E-state index in [9.17, 15) is 0 Å². The zero-order valence-corrected chi connectivity index (χ0v) is 27.6. The topological polar surface area (TPSA) is 4.93 Å². The summed E-state index contributed by atoms with van der Waals surface area (Å²) in [7, 11) is 0. The quantitative estimate of drug-likeness (QED) is 0.153. The van der Waals surface area contributed by atoms with Crippen molar-refractivity contribution in [2.45, 2.75) is 19.3 Å². The molecule has 47 heavy (non-hydrogen) atoms. The average Bonchev–Trinajstić information content (AvgIpc) is 3.77. The fraction of sp³-hybridized carbons (Fsp3) is 0.0909. The molecule has 8 aromatic rings. The zero-order valence-electron chi connectivity index (χ0n) is 26.0. The Kier molecular flexibility index (Phi) is 7.22. The van der Waals surface area contributed by atoms with Crippen LogP contribution in [0.1, 0.15) is 23.1 Å². The van der Waals surface area contributed by atoms with Crippen molar-refractivity contribution in [1.82, 2.24) is 4.57 Å². The van der Waals surface area contributed by atoms with Crippen molar-refractivity contribution in [1.29, 1.82) is 0 Å². The van der Waals surface area contributed by atoms with Crippen LogP contribution in [0.2, 0.25) is 0 Å². The van der Waals surface area contributed by atoms with Crippen molar-refractivity contribution in [3.8, 4) is 5.69 Å². The van der Waals surface area contributed by atoms with Gasteiger partial charge in [0.05, 0.1) is 5.52 Å². The third-order valence-electron chi connectivity index (χ3n) is 9.35. The Morgan fingerprint density at radius 1 is 0.660 bits per heavy atom. The van der Waals surface area contributed by atoms with Crippen LogP contribution in [0, 0.1) is 5.92 Å². The maximum absolute atomic E-state index is 2.52. The van der Waals surface area contributed by atoms with Crippen molar-refractivity contribution in [3.63, 3.8) is 0 Å². The highest BCUT2D eigenvalue weighted by atomic mass is 32.1. The largest absolute Gasteiger partial charge is 0.301 e. The molecule has 1 atom stereocenters. The minimum absolute atomic E-state index is 0.420. The van der Waals surface area contributed by atoms with Crippen LogP contribution in [0.25, 0.3) is 65.2 Å². The van der Waals surface area contributed by atoms with Crippen LogP contribution >= 0.6 is 22.7 Å². The Hall–Kier alpha value is -4.96. The molecule has 0 amide bonds. The average molecular weight is 640 g/mol. The summed E-state index contributed by atoms with van der Waals surface area (Å²) < 4.78 is 6.59. The number of allylic oxidation sites excluding steroid dienone is 3. The normalized spacial score (nSPS) is 14.9. The van der Waals surface area contributed by atoms with E-state index < -0.39 is 0 Å². The Morgan fingerprint density at radius 2 is 1.40 bits per heavy atom. The van der Waals surface area contributed by atoms with Crippen LogP contribution < -0.4 is 9.75 Å². The molecule has 3 aromatic heterocycles. The fourth-order valence-electron chi connectivity index (χ4n) is 7.05. The summed E-state index contributed by atoms with van der Waals surface area (Å²) in [5, 5.41) is 6.79. The van der Waals surface area contributed by atoms with Gasteiger partial charge in [-0.05, 0) is 77.4 Å². The van der Waals surface area contributed by atoms with E-state index in [2.05, 4.69) is 162 Å². The van der Waals surface area contributed by atoms with E-state index in [1.807, 2.05) is 22.7 Å². The van der Waals surface area contributed by atoms with Gasteiger partial charge in [0.15, 0.2) is 0 Å². The van der Waals surface area contributed by atoms with Crippen molar-refractivity contribution in [3.05, 3.63) is 166 Å². The monoisotopic (exact) mass is 639 g/mol. The minimum Gasteiger partial charge on any atom is -0.301 e. The van der Waals surface area contributed by atoms with Crippen LogP contribution in [-0.2, 0) is 12.8 Å². The highest BCUT2D eigenvalue weighted by Crippen LogP contribution is 2.38. The van der Waals surface area contributed by atoms with Crippen molar-refractivity contribution >= 4 is 82.2 Å². The summed E-state index contributed by atoms with van der Waals surface area (Å²) in [6.07, 6.45) is 17.2. The van der Waals surface area contributed by atoms with E-state index in [4.69, 9.17) is 0 Å². The number of fused-ring (bicyclic) bond motifs is 8. The molecule has 1 aliphatic rings. The van der Waals surface area contributed by atoms with Crippen molar-refractivity contribution in [2.24, 2.45) is 5.92 Å². The maximum atomic E-state index is 2.52. The SMILES string of the molecule is C1=c2sc3c(c2=CCC1/C=C/Cc1ccccc1)c1ccc(/C=C/Cc2ccccc2)cc1n3-c1ccc2sc3ccccc3c2c1. The van der Waals surface area contributed by atoms with Gasteiger partial charge in [-0.15, -0.1) is 22.7 Å². The summed E-state index contributed by atoms with van der Waals surface area (Å²) in [5.41, 5.74) is 6.42. The maximum Gasteiger partial charge on any atom is 0.109 e. The number of thiophene rings is 2. The molecule has 3 heterocycles. The van der Waals surface area contributed by atoms with E-state index in [0.29, 0.717) is 5.92 Å². The number of rotatable bonds is 7. The molecule has 1 aliphatic carbocycles. The lowest BCUT2D eigenvalue weighted by Crippen LogP contribution is -2.23. The molecule has 0 bridgehead atoms. The molecule has 1 unspecified atom stereocenters. The first kappa shape index (κ1) is 28.3. The lowest BCUT2D eigenvalue weighted by molar-refractivity contribution is 0.893. The van der Waals surface area contributed by atoms with Gasteiger partial charge >= 0.3 is 0 Å². The van der Waals surface area contributed by atoms with Gasteiger partial charge in [-0.2, -0.15) is 0 Å². The number of aromatic nitrogens is 1. The van der Waals surface area contributed by atoms with Gasteiger partial charge in [0.1, 0.15) is 4.83 Å². The molecule has 5 aromatic carbocycles. The van der Waals surface area contributed by atoms with E-state index in [1.165, 1.54) is 73.4 Å². The summed E-state index contributed by atoms with van der Waals surface area (Å²) in [5.74, 6) is 0.420. The van der Waals surface area contributed by atoms with Crippen LogP contribution in [0.3, 0.4) is 0 Å². The Balaban J connectivity index is 1.18. The van der Waals surface area contributed by atoms with E-state index in [0.717, 1.165) is 19.3 Å². The Bertz CT molecular complexity index is 2590. The van der Waals surface area contributed by atoms with Gasteiger partial charge in [-0.3, -0.25) is 0 Å². The summed E-state index contributed by atoms with van der Waals surface area (Å²) >= 11 is 3.82. The van der Waals surface area contributed by atoms with Gasteiger partial charge in [-0.1, -0.05) is 127 Å². The minimum atomic E-state index is 0.420. The van der Waals surface area contributed by atoms with Gasteiger partial charge in [0, 0.05) is 41.2 Å². The zero-order chi connectivity index (χ0) is 31.2. The van der Waals surface area contributed by atoms with Gasteiger partial charge < -0.3 is 4.57 Å². The molecule has 0 saturated carbocycles. The third kappa shape index (κ3) is 5.26. The second-order valence-corrected chi connectivity index (χ2v) is 14.5. The van der Waals surface area contributed by atoms with Crippen molar-refractivity contribution in [2.75, 3.05) is 0 Å². The lowest BCUT2D eigenvalue weighted by Gasteiger charge is -2.09. The first-order valence-electron chi connectivity index (χ1n) is 16.4. The highest BCUT2D eigenvalue weighted by molar-refractivity contribution is 7.25.